The molecule has 0 bridgehead atoms. The number of benzene rings is 1. The number of nitrogens with zero attached hydrogens (tertiary/aromatic N) is 1. The third-order valence-electron chi connectivity index (χ3n) is 5.53. The number of aryl methyl sites for hydroxylation is 1. The van der Waals surface area contributed by atoms with Crippen LogP contribution in [0.5, 0.6) is 5.75 Å². The molecule has 0 fully saturated rings. The lowest BCUT2D eigenvalue weighted by molar-refractivity contribution is 0.0807. The van der Waals surface area contributed by atoms with E-state index in [0.29, 0.717) is 6.54 Å². The van der Waals surface area contributed by atoms with Crippen LogP contribution < -0.4 is 21.1 Å². The van der Waals surface area contributed by atoms with Crippen molar-refractivity contribution < 1.29 is 9.13 Å². The summed E-state index contributed by atoms with van der Waals surface area (Å²) in [5, 5.41) is 8.89. The summed E-state index contributed by atoms with van der Waals surface area (Å²) in [5.74, 6) is 1.39. The maximum Gasteiger partial charge on any atom is 0.191 e. The second kappa shape index (κ2) is 8.09. The minimum absolute atomic E-state index is 0.0841. The summed E-state index contributed by atoms with van der Waals surface area (Å²) in [6, 6.07) is 7.16. The summed E-state index contributed by atoms with van der Waals surface area (Å²) in [7, 11) is 0. The zero-order chi connectivity index (χ0) is 19.6. The number of nitrogens with one attached hydrogen (secondary N) is 2. The molecule has 2 aliphatic rings. The molecule has 0 radical (unpaired) electrons. The number of hydrogen-bond acceptors (Lipinski definition) is 6. The van der Waals surface area contributed by atoms with Crippen molar-refractivity contribution in [3.63, 3.8) is 0 Å². The third kappa shape index (κ3) is 3.86. The molecule has 150 valence electrons. The van der Waals surface area contributed by atoms with Crippen molar-refractivity contribution in [2.45, 2.75) is 44.2 Å². The second-order valence-electron chi connectivity index (χ2n) is 7.66. The van der Waals surface area contributed by atoms with Gasteiger partial charge in [0.25, 0.3) is 0 Å². The van der Waals surface area contributed by atoms with Gasteiger partial charge >= 0.3 is 0 Å². The van der Waals surface area contributed by atoms with Crippen LogP contribution in [0, 0.1) is 5.82 Å². The molecule has 2 aliphatic heterocycles. The zero-order valence-corrected chi connectivity index (χ0v) is 16.9. The fraction of sp³-hybridized carbons (Fsp3) is 0.476. The van der Waals surface area contributed by atoms with E-state index in [1.54, 1.807) is 23.5 Å². The molecule has 3 heterocycles. The molecule has 1 aromatic carbocycles. The first-order valence-electron chi connectivity index (χ1n) is 9.88. The lowest BCUT2D eigenvalue weighted by Gasteiger charge is -2.42. The topological polar surface area (TPSA) is 71.7 Å². The van der Waals surface area contributed by atoms with E-state index in [9.17, 15) is 4.39 Å². The molecule has 0 aliphatic carbocycles. The lowest BCUT2D eigenvalue weighted by atomic mass is 9.84. The Kier molecular flexibility index (Phi) is 5.55. The molecule has 4 N–H and O–H groups in total. The first kappa shape index (κ1) is 19.2. The Hall–Kier alpha value is -2.12. The highest BCUT2D eigenvalue weighted by Crippen LogP contribution is 2.42. The smallest absolute Gasteiger partial charge is 0.191 e. The Labute approximate surface area is 169 Å². The highest BCUT2D eigenvalue weighted by Gasteiger charge is 2.39. The summed E-state index contributed by atoms with van der Waals surface area (Å²) in [5.41, 5.74) is 7.34. The molecule has 2 aromatic rings. The normalized spacial score (nSPS) is 21.0. The highest BCUT2D eigenvalue weighted by molar-refractivity contribution is 7.13. The molecular formula is C21H27FN4OS. The van der Waals surface area contributed by atoms with Crippen LogP contribution in [-0.4, -0.2) is 37.2 Å². The van der Waals surface area contributed by atoms with Crippen molar-refractivity contribution in [1.82, 2.24) is 10.6 Å². The fourth-order valence-electron chi connectivity index (χ4n) is 4.02. The summed E-state index contributed by atoms with van der Waals surface area (Å²) in [4.78, 5) is 5.57. The van der Waals surface area contributed by atoms with Gasteiger partial charge in [-0.25, -0.2) is 4.39 Å². The van der Waals surface area contributed by atoms with E-state index < -0.39 is 0 Å². The second-order valence-corrected chi connectivity index (χ2v) is 8.60. The van der Waals surface area contributed by atoms with Crippen molar-refractivity contribution in [2.24, 2.45) is 10.7 Å². The number of fused-ring (bicyclic) bond motifs is 1. The molecule has 0 spiro atoms. The molecule has 0 saturated carbocycles. The quantitative estimate of drug-likeness (QED) is 0.718. The van der Waals surface area contributed by atoms with Gasteiger partial charge in [-0.3, -0.25) is 4.99 Å². The highest BCUT2D eigenvalue weighted by atomic mass is 32.1. The van der Waals surface area contributed by atoms with E-state index in [1.165, 1.54) is 0 Å². The van der Waals surface area contributed by atoms with Gasteiger partial charge in [0.15, 0.2) is 5.96 Å². The molecule has 0 amide bonds. The maximum atomic E-state index is 14.2. The third-order valence-corrected chi connectivity index (χ3v) is 6.43. The van der Waals surface area contributed by atoms with Crippen molar-refractivity contribution >= 4 is 17.3 Å². The SMILES string of the molecule is CC(CCN)(NC1=NCCCN1)C1CCc2cc(F)cc(-c3cccs3)c2O1. The molecule has 2 unspecified atom stereocenters. The van der Waals surface area contributed by atoms with Gasteiger partial charge in [-0.2, -0.15) is 0 Å². The van der Waals surface area contributed by atoms with Crippen molar-refractivity contribution in [2.75, 3.05) is 19.6 Å². The predicted octanol–water partition coefficient (Wildman–Crippen LogP) is 3.29. The van der Waals surface area contributed by atoms with Crippen LogP contribution in [0.1, 0.15) is 31.7 Å². The van der Waals surface area contributed by atoms with E-state index in [4.69, 9.17) is 10.5 Å². The van der Waals surface area contributed by atoms with Gasteiger partial charge in [0.2, 0.25) is 0 Å². The van der Waals surface area contributed by atoms with Crippen LogP contribution in [0.3, 0.4) is 0 Å². The maximum absolute atomic E-state index is 14.2. The Morgan fingerprint density at radius 1 is 1.46 bits per heavy atom. The van der Waals surface area contributed by atoms with Crippen LogP contribution in [0.4, 0.5) is 4.39 Å². The molecule has 0 saturated heterocycles. The average molecular weight is 403 g/mol. The zero-order valence-electron chi connectivity index (χ0n) is 16.1. The van der Waals surface area contributed by atoms with Crippen LogP contribution in [0.25, 0.3) is 10.4 Å². The number of ether oxygens (including phenoxy) is 1. The van der Waals surface area contributed by atoms with E-state index in [-0.39, 0.29) is 17.5 Å². The Bertz CT molecular complexity index is 854. The number of aliphatic imine (C=N–C) groups is 1. The van der Waals surface area contributed by atoms with E-state index in [0.717, 1.165) is 66.5 Å². The first-order valence-corrected chi connectivity index (χ1v) is 10.8. The van der Waals surface area contributed by atoms with Crippen LogP contribution in [-0.2, 0) is 6.42 Å². The Morgan fingerprint density at radius 2 is 2.36 bits per heavy atom. The molecule has 2 atom stereocenters. The minimum atomic E-state index is -0.364. The van der Waals surface area contributed by atoms with Gasteiger partial charge in [-0.15, -0.1) is 11.3 Å². The molecule has 4 rings (SSSR count). The van der Waals surface area contributed by atoms with Crippen LogP contribution >= 0.6 is 11.3 Å². The van der Waals surface area contributed by atoms with Crippen LogP contribution in [0.2, 0.25) is 0 Å². The van der Waals surface area contributed by atoms with Gasteiger partial charge in [-0.05, 0) is 68.3 Å². The molecular weight excluding hydrogens is 375 g/mol. The average Bonchev–Trinajstić information content (AvgIpc) is 3.22. The first-order chi connectivity index (χ1) is 13.6. The van der Waals surface area contributed by atoms with E-state index >= 15 is 0 Å². The minimum Gasteiger partial charge on any atom is -0.487 e. The van der Waals surface area contributed by atoms with Gasteiger partial charge in [-0.1, -0.05) is 6.07 Å². The molecule has 1 aromatic heterocycles. The Morgan fingerprint density at radius 3 is 3.07 bits per heavy atom. The number of guanidine groups is 1. The van der Waals surface area contributed by atoms with E-state index in [1.807, 2.05) is 17.5 Å². The molecule has 5 nitrogen and oxygen atoms in total. The van der Waals surface area contributed by atoms with Gasteiger partial charge in [0.05, 0.1) is 5.54 Å². The lowest BCUT2D eigenvalue weighted by Crippen LogP contribution is -2.61. The fourth-order valence-corrected chi connectivity index (χ4v) is 4.76. The standard InChI is InChI=1S/C21H27FN4OS/c1-21(7-8-23,26-20-24-9-3-10-25-20)18-6-5-14-12-15(22)13-16(19(14)27-18)17-4-2-11-28-17/h2,4,11-13,18H,3,5-10,23H2,1H3,(H2,24,25,26). The molecule has 28 heavy (non-hydrogen) atoms. The Balaban J connectivity index is 1.65. The van der Waals surface area contributed by atoms with Gasteiger partial charge in [0, 0.05) is 23.5 Å². The van der Waals surface area contributed by atoms with Crippen molar-refractivity contribution in [3.8, 4) is 16.2 Å². The van der Waals surface area contributed by atoms with Gasteiger partial charge < -0.3 is 21.1 Å². The van der Waals surface area contributed by atoms with Crippen LogP contribution in [0.15, 0.2) is 34.6 Å². The number of rotatable bonds is 5. The number of nitrogens with two attached hydrogens (primary N) is 1. The number of halogens is 1. The summed E-state index contributed by atoms with van der Waals surface area (Å²) < 4.78 is 20.7. The summed E-state index contributed by atoms with van der Waals surface area (Å²) >= 11 is 1.59. The number of thiophene rings is 1. The van der Waals surface area contributed by atoms with Gasteiger partial charge in [0.1, 0.15) is 17.7 Å². The summed E-state index contributed by atoms with van der Waals surface area (Å²) in [6.45, 7) is 4.43. The predicted molar refractivity (Wildman–Crippen MR) is 113 cm³/mol. The summed E-state index contributed by atoms with van der Waals surface area (Å²) in [6.07, 6.45) is 3.29. The number of hydrogen-bond donors (Lipinski definition) is 3. The largest absolute Gasteiger partial charge is 0.487 e. The van der Waals surface area contributed by atoms with Crippen molar-refractivity contribution in [1.29, 1.82) is 0 Å². The monoisotopic (exact) mass is 402 g/mol. The van der Waals surface area contributed by atoms with E-state index in [2.05, 4.69) is 22.5 Å². The molecule has 7 heteroatoms. The van der Waals surface area contributed by atoms with Crippen molar-refractivity contribution in [3.05, 3.63) is 41.0 Å².